The zero-order chi connectivity index (χ0) is 28.6. The van der Waals surface area contributed by atoms with Gasteiger partial charge in [-0.1, -0.05) is 6.07 Å². The SMILES string of the molecule is Cc1oc(-c2ccc(O)cc2)nc1CCOc1ccc(CCC(=O)OC(C)(C)C)c(C(NC=O)OC(C)C)c1. The van der Waals surface area contributed by atoms with E-state index in [-0.39, 0.29) is 24.2 Å². The molecule has 1 atom stereocenters. The number of hydrogen-bond donors (Lipinski definition) is 2. The molecule has 1 unspecified atom stereocenters. The van der Waals surface area contributed by atoms with Gasteiger partial charge < -0.3 is 29.1 Å². The maximum atomic E-state index is 12.3. The lowest BCUT2D eigenvalue weighted by Crippen LogP contribution is -2.27. The summed E-state index contributed by atoms with van der Waals surface area (Å²) >= 11 is 0. The van der Waals surface area contributed by atoms with E-state index < -0.39 is 11.8 Å². The minimum absolute atomic E-state index is 0.149. The van der Waals surface area contributed by atoms with Crippen molar-refractivity contribution in [2.45, 2.75) is 78.7 Å². The van der Waals surface area contributed by atoms with E-state index in [1.54, 1.807) is 24.3 Å². The molecule has 0 saturated carbocycles. The van der Waals surface area contributed by atoms with E-state index in [2.05, 4.69) is 10.3 Å². The zero-order valence-electron chi connectivity index (χ0n) is 23.4. The average molecular weight is 539 g/mol. The number of carbonyl (C=O) groups is 2. The standard InChI is InChI=1S/C30H38N2O7/c1-19(2)37-29(31-18-33)25-17-24(13-9-21(25)10-14-27(35)39-30(4,5)6)36-16-15-26-20(3)38-28(32-26)22-7-11-23(34)12-8-22/h7-9,11-13,17-19,29,34H,10,14-16H2,1-6H3,(H,31,33). The highest BCUT2D eigenvalue weighted by atomic mass is 16.6. The second-order valence-corrected chi connectivity index (χ2v) is 10.5. The van der Waals surface area contributed by atoms with Gasteiger partial charge in [0.15, 0.2) is 6.23 Å². The van der Waals surface area contributed by atoms with Crippen molar-refractivity contribution in [2.75, 3.05) is 6.61 Å². The summed E-state index contributed by atoms with van der Waals surface area (Å²) in [6.45, 7) is 11.4. The summed E-state index contributed by atoms with van der Waals surface area (Å²) < 4.78 is 23.2. The van der Waals surface area contributed by atoms with Crippen LogP contribution < -0.4 is 10.1 Å². The molecule has 0 spiro atoms. The third kappa shape index (κ3) is 9.14. The number of aromatic nitrogens is 1. The summed E-state index contributed by atoms with van der Waals surface area (Å²) in [5.41, 5.74) is 2.54. The van der Waals surface area contributed by atoms with Crippen molar-refractivity contribution in [3.05, 3.63) is 65.0 Å². The molecule has 0 radical (unpaired) electrons. The van der Waals surface area contributed by atoms with Gasteiger partial charge in [-0.25, -0.2) is 4.98 Å². The second-order valence-electron chi connectivity index (χ2n) is 10.5. The fourth-order valence-electron chi connectivity index (χ4n) is 3.95. The van der Waals surface area contributed by atoms with Crippen LogP contribution in [0, 0.1) is 6.92 Å². The first-order valence-electron chi connectivity index (χ1n) is 13.0. The molecule has 9 heteroatoms. The van der Waals surface area contributed by atoms with Crippen LogP contribution in [-0.4, -0.2) is 40.8 Å². The van der Waals surface area contributed by atoms with Gasteiger partial charge in [0, 0.05) is 24.0 Å². The Morgan fingerprint density at radius 1 is 1.13 bits per heavy atom. The Hall–Kier alpha value is -3.85. The molecule has 2 aromatic carbocycles. The Labute approximate surface area is 229 Å². The maximum Gasteiger partial charge on any atom is 0.306 e. The van der Waals surface area contributed by atoms with Gasteiger partial charge in [0.05, 0.1) is 18.4 Å². The molecular weight excluding hydrogens is 500 g/mol. The number of amides is 1. The smallest absolute Gasteiger partial charge is 0.306 e. The number of nitrogens with one attached hydrogen (secondary N) is 1. The molecule has 210 valence electrons. The van der Waals surface area contributed by atoms with E-state index in [1.807, 2.05) is 59.7 Å². The van der Waals surface area contributed by atoms with Crippen LogP contribution in [0.1, 0.15) is 69.8 Å². The maximum absolute atomic E-state index is 12.3. The van der Waals surface area contributed by atoms with E-state index >= 15 is 0 Å². The number of phenols is 1. The average Bonchev–Trinajstić information content (AvgIpc) is 3.22. The highest BCUT2D eigenvalue weighted by Gasteiger charge is 2.21. The molecule has 0 aliphatic heterocycles. The molecule has 0 aliphatic carbocycles. The van der Waals surface area contributed by atoms with Gasteiger partial charge in [-0.3, -0.25) is 9.59 Å². The molecule has 39 heavy (non-hydrogen) atoms. The minimum atomic E-state index is -0.703. The van der Waals surface area contributed by atoms with Crippen molar-refractivity contribution >= 4 is 12.4 Å². The van der Waals surface area contributed by atoms with Crippen molar-refractivity contribution in [3.8, 4) is 23.0 Å². The van der Waals surface area contributed by atoms with Gasteiger partial charge in [0.1, 0.15) is 22.9 Å². The molecule has 1 aromatic heterocycles. The molecule has 0 aliphatic rings. The molecular formula is C30H38N2O7. The highest BCUT2D eigenvalue weighted by molar-refractivity contribution is 5.70. The summed E-state index contributed by atoms with van der Waals surface area (Å²) in [4.78, 5) is 28.2. The summed E-state index contributed by atoms with van der Waals surface area (Å²) in [6.07, 6.45) is 0.864. The molecule has 2 N–H and O–H groups in total. The summed E-state index contributed by atoms with van der Waals surface area (Å²) in [6, 6.07) is 12.2. The van der Waals surface area contributed by atoms with Crippen LogP contribution in [-0.2, 0) is 31.9 Å². The number of phenolic OH excluding ortho intramolecular Hbond substituents is 1. The number of esters is 1. The molecule has 1 heterocycles. The van der Waals surface area contributed by atoms with Crippen molar-refractivity contribution < 1.29 is 33.3 Å². The fourth-order valence-corrected chi connectivity index (χ4v) is 3.95. The van der Waals surface area contributed by atoms with Crippen LogP contribution in [0.2, 0.25) is 0 Å². The van der Waals surface area contributed by atoms with E-state index in [1.165, 1.54) is 0 Å². The molecule has 9 nitrogen and oxygen atoms in total. The number of benzene rings is 2. The van der Waals surface area contributed by atoms with Crippen LogP contribution >= 0.6 is 0 Å². The molecule has 3 rings (SSSR count). The number of oxazole rings is 1. The minimum Gasteiger partial charge on any atom is -0.508 e. The van der Waals surface area contributed by atoms with Crippen molar-refractivity contribution in [1.29, 1.82) is 0 Å². The first kappa shape index (κ1) is 29.7. The van der Waals surface area contributed by atoms with Crippen molar-refractivity contribution in [3.63, 3.8) is 0 Å². The Balaban J connectivity index is 1.73. The van der Waals surface area contributed by atoms with Gasteiger partial charge in [-0.15, -0.1) is 0 Å². The lowest BCUT2D eigenvalue weighted by Gasteiger charge is -2.24. The normalized spacial score (nSPS) is 12.3. The van der Waals surface area contributed by atoms with Crippen LogP contribution in [0.4, 0.5) is 0 Å². The Morgan fingerprint density at radius 2 is 1.85 bits per heavy atom. The Morgan fingerprint density at radius 3 is 2.49 bits per heavy atom. The number of ether oxygens (including phenoxy) is 3. The molecule has 1 amide bonds. The predicted octanol–water partition coefficient (Wildman–Crippen LogP) is 5.42. The van der Waals surface area contributed by atoms with E-state index in [4.69, 9.17) is 18.6 Å². The van der Waals surface area contributed by atoms with Crippen LogP contribution in [0.5, 0.6) is 11.5 Å². The topological polar surface area (TPSA) is 120 Å². The number of nitrogens with zero attached hydrogens (tertiary/aromatic N) is 1. The van der Waals surface area contributed by atoms with Crippen molar-refractivity contribution in [2.24, 2.45) is 0 Å². The number of aryl methyl sites for hydroxylation is 2. The van der Waals surface area contributed by atoms with Crippen LogP contribution in [0.15, 0.2) is 46.9 Å². The Bertz CT molecular complexity index is 1240. The van der Waals surface area contributed by atoms with Gasteiger partial charge in [-0.2, -0.15) is 0 Å². The molecule has 3 aromatic rings. The van der Waals surface area contributed by atoms with Crippen LogP contribution in [0.25, 0.3) is 11.5 Å². The lowest BCUT2D eigenvalue weighted by atomic mass is 10.0. The van der Waals surface area contributed by atoms with Gasteiger partial charge in [0.25, 0.3) is 0 Å². The van der Waals surface area contributed by atoms with E-state index in [0.29, 0.717) is 48.8 Å². The highest BCUT2D eigenvalue weighted by Crippen LogP contribution is 2.28. The number of aromatic hydroxyl groups is 1. The third-order valence-electron chi connectivity index (χ3n) is 5.66. The third-order valence-corrected chi connectivity index (χ3v) is 5.66. The van der Waals surface area contributed by atoms with Crippen molar-refractivity contribution in [1.82, 2.24) is 10.3 Å². The number of rotatable bonds is 13. The summed E-state index contributed by atoms with van der Waals surface area (Å²) in [5.74, 6) is 1.65. The van der Waals surface area contributed by atoms with E-state index in [9.17, 15) is 14.7 Å². The van der Waals surface area contributed by atoms with Gasteiger partial charge in [0.2, 0.25) is 12.3 Å². The van der Waals surface area contributed by atoms with Crippen LogP contribution in [0.3, 0.4) is 0 Å². The fraction of sp³-hybridized carbons (Fsp3) is 0.433. The van der Waals surface area contributed by atoms with E-state index in [0.717, 1.165) is 16.8 Å². The summed E-state index contributed by atoms with van der Waals surface area (Å²) in [5, 5.41) is 12.2. The predicted molar refractivity (Wildman–Crippen MR) is 146 cm³/mol. The Kier molecular flexibility index (Phi) is 10.1. The van der Waals surface area contributed by atoms with Gasteiger partial charge >= 0.3 is 5.97 Å². The van der Waals surface area contributed by atoms with Gasteiger partial charge in [-0.05, 0) is 89.9 Å². The molecule has 0 saturated heterocycles. The largest absolute Gasteiger partial charge is 0.508 e. The zero-order valence-corrected chi connectivity index (χ0v) is 23.4. The number of hydrogen-bond acceptors (Lipinski definition) is 8. The first-order chi connectivity index (χ1) is 18.4. The first-order valence-corrected chi connectivity index (χ1v) is 13.0. The molecule has 0 fully saturated rings. The number of carbonyl (C=O) groups excluding carboxylic acids is 2. The second kappa shape index (κ2) is 13.3. The monoisotopic (exact) mass is 538 g/mol. The molecule has 0 bridgehead atoms. The lowest BCUT2D eigenvalue weighted by molar-refractivity contribution is -0.154. The quantitative estimate of drug-likeness (QED) is 0.168. The summed E-state index contributed by atoms with van der Waals surface area (Å²) in [7, 11) is 0.